The van der Waals surface area contributed by atoms with Gasteiger partial charge in [0.25, 0.3) is 5.69 Å². The van der Waals surface area contributed by atoms with Crippen molar-refractivity contribution in [1.29, 1.82) is 0 Å². The quantitative estimate of drug-likeness (QED) is 0.669. The first-order valence-electron chi connectivity index (χ1n) is 6.13. The highest BCUT2D eigenvalue weighted by molar-refractivity contribution is 5.38. The van der Waals surface area contributed by atoms with E-state index in [0.29, 0.717) is 17.3 Å². The molecule has 0 saturated heterocycles. The maximum Gasteiger partial charge on any atom is 0.290 e. The summed E-state index contributed by atoms with van der Waals surface area (Å²) >= 11 is 0. The Balaban J connectivity index is 2.13. The molecule has 1 N–H and O–H groups in total. The summed E-state index contributed by atoms with van der Waals surface area (Å²) in [6.07, 6.45) is 0. The van der Waals surface area contributed by atoms with Gasteiger partial charge >= 0.3 is 0 Å². The summed E-state index contributed by atoms with van der Waals surface area (Å²) in [5.41, 5.74) is 1.47. The van der Waals surface area contributed by atoms with Crippen LogP contribution in [0.5, 0.6) is 11.6 Å². The molecule has 0 aliphatic heterocycles. The van der Waals surface area contributed by atoms with Crippen molar-refractivity contribution in [3.63, 3.8) is 0 Å². The Morgan fingerprint density at radius 2 is 1.95 bits per heavy atom. The number of aromatic nitrogens is 1. The van der Waals surface area contributed by atoms with Crippen LogP contribution in [0.2, 0.25) is 0 Å². The summed E-state index contributed by atoms with van der Waals surface area (Å²) in [6, 6.07) is 10.5. The van der Waals surface area contributed by atoms with Crippen LogP contribution in [0.4, 0.5) is 5.69 Å². The van der Waals surface area contributed by atoms with E-state index in [2.05, 4.69) is 10.3 Å². The molecule has 6 heteroatoms. The third kappa shape index (κ3) is 3.30. The number of nitro groups is 1. The van der Waals surface area contributed by atoms with Crippen molar-refractivity contribution in [2.45, 2.75) is 13.5 Å². The average molecular weight is 273 g/mol. The molecule has 20 heavy (non-hydrogen) atoms. The number of benzene rings is 1. The highest BCUT2D eigenvalue weighted by Crippen LogP contribution is 2.24. The molecule has 6 nitrogen and oxygen atoms in total. The lowest BCUT2D eigenvalue weighted by Gasteiger charge is -2.06. The van der Waals surface area contributed by atoms with E-state index < -0.39 is 4.92 Å². The van der Waals surface area contributed by atoms with Crippen LogP contribution in [0.3, 0.4) is 0 Å². The fraction of sp³-hybridized carbons (Fsp3) is 0.214. The molecule has 1 heterocycles. The number of ether oxygens (including phenoxy) is 1. The summed E-state index contributed by atoms with van der Waals surface area (Å²) < 4.78 is 5.57. The van der Waals surface area contributed by atoms with Crippen molar-refractivity contribution in [1.82, 2.24) is 10.3 Å². The molecular formula is C14H15N3O3. The average Bonchev–Trinajstić information content (AvgIpc) is 2.41. The fourth-order valence-electron chi connectivity index (χ4n) is 1.78. The maximum absolute atomic E-state index is 10.7. The Morgan fingerprint density at radius 1 is 1.25 bits per heavy atom. The van der Waals surface area contributed by atoms with Crippen LogP contribution in [-0.4, -0.2) is 17.0 Å². The Bertz CT molecular complexity index is 612. The van der Waals surface area contributed by atoms with Gasteiger partial charge in [-0.1, -0.05) is 12.1 Å². The second-order valence-corrected chi connectivity index (χ2v) is 4.29. The van der Waals surface area contributed by atoms with E-state index in [9.17, 15) is 10.1 Å². The molecular weight excluding hydrogens is 258 g/mol. The maximum atomic E-state index is 10.7. The molecule has 1 aromatic heterocycles. The predicted molar refractivity (Wildman–Crippen MR) is 74.9 cm³/mol. The molecule has 0 aliphatic rings. The molecule has 1 aromatic carbocycles. The van der Waals surface area contributed by atoms with Crippen LogP contribution in [-0.2, 0) is 6.54 Å². The third-order valence-electron chi connectivity index (χ3n) is 2.76. The van der Waals surface area contributed by atoms with E-state index in [1.807, 2.05) is 31.3 Å². The van der Waals surface area contributed by atoms with E-state index in [-0.39, 0.29) is 5.69 Å². The van der Waals surface area contributed by atoms with Gasteiger partial charge in [0.15, 0.2) is 0 Å². The van der Waals surface area contributed by atoms with Crippen molar-refractivity contribution >= 4 is 5.69 Å². The van der Waals surface area contributed by atoms with Gasteiger partial charge in [0.05, 0.1) is 4.92 Å². The molecule has 0 unspecified atom stereocenters. The standard InChI is InChI=1S/C14H15N3O3/c1-10-13(17(18)19)7-8-14(16-10)20-12-5-3-11(4-6-12)9-15-2/h3-8,15H,9H2,1-2H3. The molecule has 0 amide bonds. The number of pyridine rings is 1. The topological polar surface area (TPSA) is 77.3 Å². The minimum absolute atomic E-state index is 0.0123. The zero-order valence-corrected chi connectivity index (χ0v) is 11.3. The highest BCUT2D eigenvalue weighted by atomic mass is 16.6. The fourth-order valence-corrected chi connectivity index (χ4v) is 1.78. The number of aryl methyl sites for hydroxylation is 1. The molecule has 0 fully saturated rings. The number of hydrogen-bond donors (Lipinski definition) is 1. The summed E-state index contributed by atoms with van der Waals surface area (Å²) in [5.74, 6) is 0.986. The zero-order valence-electron chi connectivity index (χ0n) is 11.3. The lowest BCUT2D eigenvalue weighted by atomic mass is 10.2. The highest BCUT2D eigenvalue weighted by Gasteiger charge is 2.12. The van der Waals surface area contributed by atoms with Gasteiger partial charge in [-0.25, -0.2) is 4.98 Å². The van der Waals surface area contributed by atoms with Gasteiger partial charge in [-0.15, -0.1) is 0 Å². The summed E-state index contributed by atoms with van der Waals surface area (Å²) in [5, 5.41) is 13.8. The number of hydrogen-bond acceptors (Lipinski definition) is 5. The lowest BCUT2D eigenvalue weighted by Crippen LogP contribution is -2.04. The SMILES string of the molecule is CNCc1ccc(Oc2ccc([N+](=O)[O-])c(C)n2)cc1. The molecule has 0 bridgehead atoms. The minimum Gasteiger partial charge on any atom is -0.439 e. The Hall–Kier alpha value is -2.47. The summed E-state index contributed by atoms with van der Waals surface area (Å²) in [4.78, 5) is 14.3. The van der Waals surface area contributed by atoms with Gasteiger partial charge in [-0.3, -0.25) is 10.1 Å². The van der Waals surface area contributed by atoms with Crippen molar-refractivity contribution in [2.75, 3.05) is 7.05 Å². The number of nitrogens with one attached hydrogen (secondary N) is 1. The van der Waals surface area contributed by atoms with Crippen LogP contribution in [0.1, 0.15) is 11.3 Å². The van der Waals surface area contributed by atoms with Crippen molar-refractivity contribution in [3.05, 3.63) is 57.8 Å². The van der Waals surface area contributed by atoms with E-state index in [4.69, 9.17) is 4.74 Å². The van der Waals surface area contributed by atoms with Gasteiger partial charge in [0.2, 0.25) is 5.88 Å². The molecule has 104 valence electrons. The Morgan fingerprint density at radius 3 is 2.50 bits per heavy atom. The predicted octanol–water partition coefficient (Wildman–Crippen LogP) is 2.81. The summed E-state index contributed by atoms with van der Waals surface area (Å²) in [6.45, 7) is 2.37. The summed E-state index contributed by atoms with van der Waals surface area (Å²) in [7, 11) is 1.88. The van der Waals surface area contributed by atoms with Crippen molar-refractivity contribution in [3.8, 4) is 11.6 Å². The zero-order chi connectivity index (χ0) is 14.5. The second kappa shape index (κ2) is 6.12. The number of nitrogens with zero attached hydrogens (tertiary/aromatic N) is 2. The normalized spacial score (nSPS) is 10.3. The van der Waals surface area contributed by atoms with Crippen LogP contribution in [0, 0.1) is 17.0 Å². The van der Waals surface area contributed by atoms with Crippen LogP contribution >= 0.6 is 0 Å². The van der Waals surface area contributed by atoms with Gasteiger partial charge in [-0.05, 0) is 31.7 Å². The molecule has 0 radical (unpaired) electrons. The lowest BCUT2D eigenvalue weighted by molar-refractivity contribution is -0.385. The first-order chi connectivity index (χ1) is 9.60. The Labute approximate surface area is 116 Å². The molecule has 0 spiro atoms. The van der Waals surface area contributed by atoms with E-state index in [0.717, 1.165) is 12.1 Å². The first kappa shape index (κ1) is 14.0. The largest absolute Gasteiger partial charge is 0.439 e. The molecule has 0 saturated carbocycles. The van der Waals surface area contributed by atoms with E-state index >= 15 is 0 Å². The van der Waals surface area contributed by atoms with Crippen LogP contribution < -0.4 is 10.1 Å². The molecule has 2 rings (SSSR count). The first-order valence-corrected chi connectivity index (χ1v) is 6.13. The minimum atomic E-state index is -0.460. The van der Waals surface area contributed by atoms with E-state index in [1.54, 1.807) is 6.92 Å². The molecule has 0 aliphatic carbocycles. The van der Waals surface area contributed by atoms with Gasteiger partial charge in [-0.2, -0.15) is 0 Å². The van der Waals surface area contributed by atoms with Crippen LogP contribution in [0.15, 0.2) is 36.4 Å². The third-order valence-corrected chi connectivity index (χ3v) is 2.76. The number of rotatable bonds is 5. The van der Waals surface area contributed by atoms with Crippen molar-refractivity contribution < 1.29 is 9.66 Å². The molecule has 2 aromatic rings. The second-order valence-electron chi connectivity index (χ2n) is 4.29. The van der Waals surface area contributed by atoms with Gasteiger partial charge in [0, 0.05) is 18.7 Å². The Kier molecular flexibility index (Phi) is 4.27. The smallest absolute Gasteiger partial charge is 0.290 e. The molecule has 0 atom stereocenters. The van der Waals surface area contributed by atoms with Crippen molar-refractivity contribution in [2.24, 2.45) is 0 Å². The van der Waals surface area contributed by atoms with E-state index in [1.165, 1.54) is 12.1 Å². The van der Waals surface area contributed by atoms with Gasteiger partial charge in [0.1, 0.15) is 11.4 Å². The van der Waals surface area contributed by atoms with Crippen LogP contribution in [0.25, 0.3) is 0 Å². The van der Waals surface area contributed by atoms with Gasteiger partial charge < -0.3 is 10.1 Å². The monoisotopic (exact) mass is 273 g/mol.